The number of fused-ring (bicyclic) bond motifs is 1. The van der Waals surface area contributed by atoms with Gasteiger partial charge in [0.2, 0.25) is 0 Å². The lowest BCUT2D eigenvalue weighted by Gasteiger charge is -2.15. The highest BCUT2D eigenvalue weighted by Crippen LogP contribution is 2.37. The third kappa shape index (κ3) is 3.91. The van der Waals surface area contributed by atoms with E-state index in [1.807, 2.05) is 30.3 Å². The van der Waals surface area contributed by atoms with Gasteiger partial charge < -0.3 is 19.9 Å². The molecule has 28 heavy (non-hydrogen) atoms. The van der Waals surface area contributed by atoms with Crippen LogP contribution in [0.25, 0.3) is 11.1 Å². The molecule has 0 aromatic heterocycles. The predicted octanol–water partition coefficient (Wildman–Crippen LogP) is 4.50. The minimum Gasteiger partial charge on any atom is -0.491 e. The first kappa shape index (κ1) is 17.9. The van der Waals surface area contributed by atoms with E-state index >= 15 is 0 Å². The lowest BCUT2D eigenvalue weighted by molar-refractivity contribution is -0.139. The molecule has 3 aromatic rings. The summed E-state index contributed by atoms with van der Waals surface area (Å²) in [6.07, 6.45) is 0. The molecule has 0 amide bonds. The van der Waals surface area contributed by atoms with E-state index in [9.17, 15) is 9.18 Å². The van der Waals surface area contributed by atoms with Crippen molar-refractivity contribution in [2.75, 3.05) is 18.5 Å². The van der Waals surface area contributed by atoms with Crippen LogP contribution in [0.4, 0.5) is 10.1 Å². The van der Waals surface area contributed by atoms with Crippen LogP contribution in [0.15, 0.2) is 66.7 Å². The van der Waals surface area contributed by atoms with Gasteiger partial charge in [-0.1, -0.05) is 24.3 Å². The Morgan fingerprint density at radius 1 is 1.11 bits per heavy atom. The number of hydrogen-bond acceptors (Lipinski definition) is 4. The van der Waals surface area contributed by atoms with Gasteiger partial charge in [0, 0.05) is 17.3 Å². The van der Waals surface area contributed by atoms with Crippen LogP contribution in [-0.4, -0.2) is 24.3 Å². The first-order valence-electron chi connectivity index (χ1n) is 8.82. The summed E-state index contributed by atoms with van der Waals surface area (Å²) >= 11 is 0. The van der Waals surface area contributed by atoms with Crippen LogP contribution in [0.5, 0.6) is 11.5 Å². The molecule has 0 saturated carbocycles. The van der Waals surface area contributed by atoms with Gasteiger partial charge >= 0.3 is 5.97 Å². The minimum absolute atomic E-state index is 0.0850. The number of nitrogens with one attached hydrogen (secondary N) is 1. The van der Waals surface area contributed by atoms with E-state index in [4.69, 9.17) is 14.6 Å². The first-order chi connectivity index (χ1) is 13.6. The smallest absolute Gasteiger partial charge is 0.341 e. The van der Waals surface area contributed by atoms with E-state index in [2.05, 4.69) is 5.32 Å². The van der Waals surface area contributed by atoms with Crippen LogP contribution in [0.3, 0.4) is 0 Å². The molecular formula is C22H18FNO4. The minimum atomic E-state index is -1.03. The maximum absolute atomic E-state index is 13.6. The molecule has 1 aliphatic rings. The third-order valence-corrected chi connectivity index (χ3v) is 4.49. The van der Waals surface area contributed by atoms with Gasteiger partial charge in [-0.2, -0.15) is 0 Å². The zero-order valence-corrected chi connectivity index (χ0v) is 14.9. The Labute approximate surface area is 161 Å². The highest BCUT2D eigenvalue weighted by Gasteiger charge is 2.24. The Morgan fingerprint density at radius 3 is 2.75 bits per heavy atom. The van der Waals surface area contributed by atoms with E-state index in [1.54, 1.807) is 24.3 Å². The number of carboxylic acids is 1. The van der Waals surface area contributed by atoms with Gasteiger partial charge in [0.1, 0.15) is 23.9 Å². The molecule has 1 aliphatic heterocycles. The van der Waals surface area contributed by atoms with Crippen molar-refractivity contribution in [3.05, 3.63) is 78.1 Å². The van der Waals surface area contributed by atoms with Crippen LogP contribution in [0.1, 0.15) is 11.6 Å². The van der Waals surface area contributed by atoms with E-state index in [1.165, 1.54) is 12.1 Å². The van der Waals surface area contributed by atoms with Gasteiger partial charge in [0.25, 0.3) is 0 Å². The molecule has 3 aromatic carbocycles. The second-order valence-electron chi connectivity index (χ2n) is 6.48. The number of benzene rings is 3. The van der Waals surface area contributed by atoms with E-state index < -0.39 is 12.6 Å². The molecule has 0 radical (unpaired) electrons. The predicted molar refractivity (Wildman–Crippen MR) is 103 cm³/mol. The SMILES string of the molecule is O=C(O)COc1cccc(NC2COc3ccc(-c4cccc(F)c4)cc32)c1. The second kappa shape index (κ2) is 7.60. The molecule has 142 valence electrons. The van der Waals surface area contributed by atoms with Crippen molar-refractivity contribution in [2.45, 2.75) is 6.04 Å². The van der Waals surface area contributed by atoms with Crippen LogP contribution >= 0.6 is 0 Å². The van der Waals surface area contributed by atoms with Gasteiger partial charge in [-0.05, 0) is 47.5 Å². The Bertz CT molecular complexity index is 1020. The number of anilines is 1. The highest BCUT2D eigenvalue weighted by atomic mass is 19.1. The van der Waals surface area contributed by atoms with Crippen LogP contribution in [-0.2, 0) is 4.79 Å². The van der Waals surface area contributed by atoms with Crippen LogP contribution in [0.2, 0.25) is 0 Å². The molecule has 0 fully saturated rings. The van der Waals surface area contributed by atoms with Crippen molar-refractivity contribution in [3.8, 4) is 22.6 Å². The van der Waals surface area contributed by atoms with E-state index in [-0.39, 0.29) is 11.9 Å². The summed E-state index contributed by atoms with van der Waals surface area (Å²) in [5.41, 5.74) is 3.49. The quantitative estimate of drug-likeness (QED) is 0.660. The third-order valence-electron chi connectivity index (χ3n) is 4.49. The number of carbonyl (C=O) groups is 1. The number of halogens is 1. The molecule has 1 heterocycles. The number of rotatable bonds is 6. The maximum atomic E-state index is 13.6. The monoisotopic (exact) mass is 379 g/mol. The fourth-order valence-corrected chi connectivity index (χ4v) is 3.20. The van der Waals surface area contributed by atoms with Gasteiger partial charge in [-0.25, -0.2) is 9.18 Å². The van der Waals surface area contributed by atoms with Crippen molar-refractivity contribution in [2.24, 2.45) is 0 Å². The number of ether oxygens (including phenoxy) is 2. The summed E-state index contributed by atoms with van der Waals surface area (Å²) in [5.74, 6) is -0.0422. The summed E-state index contributed by atoms with van der Waals surface area (Å²) in [6.45, 7) is 0.0674. The van der Waals surface area contributed by atoms with Gasteiger partial charge in [0.15, 0.2) is 6.61 Å². The second-order valence-corrected chi connectivity index (χ2v) is 6.48. The van der Waals surface area contributed by atoms with Crippen molar-refractivity contribution < 1.29 is 23.8 Å². The highest BCUT2D eigenvalue weighted by molar-refractivity contribution is 5.69. The van der Waals surface area contributed by atoms with Gasteiger partial charge in [-0.3, -0.25) is 0 Å². The molecule has 6 heteroatoms. The molecular weight excluding hydrogens is 361 g/mol. The molecule has 0 spiro atoms. The largest absolute Gasteiger partial charge is 0.491 e. The molecule has 5 nitrogen and oxygen atoms in total. The first-order valence-corrected chi connectivity index (χ1v) is 8.82. The van der Waals surface area contributed by atoms with Crippen molar-refractivity contribution in [1.29, 1.82) is 0 Å². The zero-order chi connectivity index (χ0) is 19.5. The number of carboxylic acid groups (broad SMARTS) is 1. The molecule has 0 bridgehead atoms. The van der Waals surface area contributed by atoms with E-state index in [0.29, 0.717) is 12.4 Å². The zero-order valence-electron chi connectivity index (χ0n) is 14.9. The van der Waals surface area contributed by atoms with Gasteiger partial charge in [0.05, 0.1) is 6.04 Å². The molecule has 1 atom stereocenters. The molecule has 2 N–H and O–H groups in total. The Balaban J connectivity index is 1.55. The standard InChI is InChI=1S/C22H18FNO4/c23-16-4-1-3-14(9-16)15-7-8-21-19(10-15)20(12-28-21)24-17-5-2-6-18(11-17)27-13-22(25)26/h1-11,20,24H,12-13H2,(H,25,26). The molecule has 1 unspecified atom stereocenters. The molecule has 0 aliphatic carbocycles. The Morgan fingerprint density at radius 2 is 1.93 bits per heavy atom. The summed E-state index contributed by atoms with van der Waals surface area (Å²) in [7, 11) is 0. The maximum Gasteiger partial charge on any atom is 0.341 e. The fraction of sp³-hybridized carbons (Fsp3) is 0.136. The summed E-state index contributed by atoms with van der Waals surface area (Å²) in [4.78, 5) is 10.7. The van der Waals surface area contributed by atoms with Crippen molar-refractivity contribution in [1.82, 2.24) is 0 Å². The molecule has 0 saturated heterocycles. The van der Waals surface area contributed by atoms with Crippen LogP contribution in [0, 0.1) is 5.82 Å². The summed E-state index contributed by atoms with van der Waals surface area (Å²) in [6, 6.07) is 19.3. The van der Waals surface area contributed by atoms with Crippen LogP contribution < -0.4 is 14.8 Å². The van der Waals surface area contributed by atoms with Gasteiger partial charge in [-0.15, -0.1) is 0 Å². The lowest BCUT2D eigenvalue weighted by Crippen LogP contribution is -2.12. The topological polar surface area (TPSA) is 67.8 Å². The molecule has 4 rings (SSSR count). The number of hydrogen-bond donors (Lipinski definition) is 2. The summed E-state index contributed by atoms with van der Waals surface area (Å²) < 4.78 is 24.5. The number of aliphatic carboxylic acids is 1. The summed E-state index contributed by atoms with van der Waals surface area (Å²) in [5, 5.41) is 12.1. The normalized spacial score (nSPS) is 14.8. The van der Waals surface area contributed by atoms with Crippen molar-refractivity contribution >= 4 is 11.7 Å². The van der Waals surface area contributed by atoms with Crippen molar-refractivity contribution in [3.63, 3.8) is 0 Å². The average molecular weight is 379 g/mol. The van der Waals surface area contributed by atoms with E-state index in [0.717, 1.165) is 28.1 Å². The average Bonchev–Trinajstić information content (AvgIpc) is 3.09. The Hall–Kier alpha value is -3.54. The Kier molecular flexibility index (Phi) is 4.85. The fourth-order valence-electron chi connectivity index (χ4n) is 3.20. The lowest BCUT2D eigenvalue weighted by atomic mass is 10.00.